The number of hydrogen-bond donors (Lipinski definition) is 0. The lowest BCUT2D eigenvalue weighted by Crippen LogP contribution is -2.23. The molecule has 2 rings (SSSR count). The second-order valence-corrected chi connectivity index (χ2v) is 4.96. The summed E-state index contributed by atoms with van der Waals surface area (Å²) in [4.78, 5) is 15.2. The predicted molar refractivity (Wildman–Crippen MR) is 62.6 cm³/mol. The van der Waals surface area contributed by atoms with Crippen LogP contribution in [0.2, 0.25) is 0 Å². The van der Waals surface area contributed by atoms with Crippen molar-refractivity contribution in [2.75, 3.05) is 7.11 Å². The summed E-state index contributed by atoms with van der Waals surface area (Å²) in [5, 5.41) is 4.20. The Morgan fingerprint density at radius 2 is 2.18 bits per heavy atom. The minimum Gasteiger partial charge on any atom is -0.463 e. The van der Waals surface area contributed by atoms with E-state index in [0.29, 0.717) is 12.0 Å². The van der Waals surface area contributed by atoms with Gasteiger partial charge in [-0.2, -0.15) is 0 Å². The van der Waals surface area contributed by atoms with E-state index in [2.05, 4.69) is 28.7 Å². The van der Waals surface area contributed by atoms with Crippen LogP contribution < -0.4 is 0 Å². The summed E-state index contributed by atoms with van der Waals surface area (Å²) in [6.07, 6.45) is 5.06. The first-order valence-corrected chi connectivity index (χ1v) is 6.11. The Balaban J connectivity index is 2.08. The molecule has 1 aromatic heterocycles. The molecule has 17 heavy (non-hydrogen) atoms. The smallest absolute Gasteiger partial charge is 0.377 e. The van der Waals surface area contributed by atoms with Gasteiger partial charge in [-0.3, -0.25) is 0 Å². The van der Waals surface area contributed by atoms with Gasteiger partial charge in [-0.05, 0) is 31.1 Å². The molecule has 1 aromatic rings. The van der Waals surface area contributed by atoms with Crippen LogP contribution in [0.4, 0.5) is 0 Å². The molecule has 0 aromatic carbocycles. The molecule has 0 amide bonds. The lowest BCUT2D eigenvalue weighted by molar-refractivity contribution is 0.0585. The molecule has 1 heterocycles. The molecule has 0 spiro atoms. The molecule has 1 aliphatic carbocycles. The molecule has 1 saturated carbocycles. The molecule has 0 N–H and O–H groups in total. The van der Waals surface area contributed by atoms with Crippen molar-refractivity contribution in [1.82, 2.24) is 14.8 Å². The summed E-state index contributed by atoms with van der Waals surface area (Å²) in [7, 11) is 1.34. The van der Waals surface area contributed by atoms with E-state index in [1.54, 1.807) is 6.33 Å². The number of carbonyl (C=O) groups excluding carboxylic acids is 1. The second kappa shape index (κ2) is 4.85. The van der Waals surface area contributed by atoms with Gasteiger partial charge in [-0.25, -0.2) is 14.5 Å². The Labute approximate surface area is 101 Å². The van der Waals surface area contributed by atoms with Crippen LogP contribution in [0.25, 0.3) is 0 Å². The number of rotatable bonds is 2. The number of methoxy groups -OCH3 is 1. The highest BCUT2D eigenvalue weighted by Crippen LogP contribution is 2.35. The van der Waals surface area contributed by atoms with Gasteiger partial charge in [0.25, 0.3) is 5.82 Å². The van der Waals surface area contributed by atoms with Gasteiger partial charge in [0.2, 0.25) is 0 Å². The molecule has 3 atom stereocenters. The van der Waals surface area contributed by atoms with Crippen LogP contribution in [0.1, 0.15) is 49.8 Å². The second-order valence-electron chi connectivity index (χ2n) is 4.96. The lowest BCUT2D eigenvalue weighted by Gasteiger charge is -2.31. The molecular weight excluding hydrogens is 218 g/mol. The van der Waals surface area contributed by atoms with Crippen LogP contribution in [0, 0.1) is 11.8 Å². The number of ether oxygens (including phenoxy) is 1. The fourth-order valence-electron chi connectivity index (χ4n) is 2.39. The third-order valence-corrected chi connectivity index (χ3v) is 3.82. The summed E-state index contributed by atoms with van der Waals surface area (Å²) in [6.45, 7) is 4.57. The van der Waals surface area contributed by atoms with Gasteiger partial charge in [-0.1, -0.05) is 13.8 Å². The average Bonchev–Trinajstić information content (AvgIpc) is 2.81. The van der Waals surface area contributed by atoms with E-state index in [9.17, 15) is 4.79 Å². The standard InChI is InChI=1S/C12H19N3O2/c1-8-4-5-10(6-9(8)2)15-7-13-11(14-15)12(16)17-3/h7-10H,4-6H2,1-3H3. The van der Waals surface area contributed by atoms with E-state index in [1.165, 1.54) is 13.5 Å². The predicted octanol–water partition coefficient (Wildman–Crippen LogP) is 2.06. The Kier molecular flexibility index (Phi) is 3.45. The Hall–Kier alpha value is -1.39. The van der Waals surface area contributed by atoms with Gasteiger partial charge in [-0.15, -0.1) is 5.10 Å². The fraction of sp³-hybridized carbons (Fsp3) is 0.750. The van der Waals surface area contributed by atoms with E-state index < -0.39 is 5.97 Å². The van der Waals surface area contributed by atoms with Crippen molar-refractivity contribution in [3.05, 3.63) is 12.2 Å². The summed E-state index contributed by atoms with van der Waals surface area (Å²) >= 11 is 0. The molecule has 1 fully saturated rings. The largest absolute Gasteiger partial charge is 0.463 e. The molecule has 0 bridgehead atoms. The summed E-state index contributed by atoms with van der Waals surface area (Å²) in [5.41, 5.74) is 0. The first-order chi connectivity index (χ1) is 8.11. The zero-order valence-corrected chi connectivity index (χ0v) is 10.6. The van der Waals surface area contributed by atoms with Crippen molar-refractivity contribution in [1.29, 1.82) is 0 Å². The van der Waals surface area contributed by atoms with Crippen LogP contribution in [0.5, 0.6) is 0 Å². The van der Waals surface area contributed by atoms with Crippen LogP contribution in [0.3, 0.4) is 0 Å². The molecule has 3 unspecified atom stereocenters. The van der Waals surface area contributed by atoms with Crippen LogP contribution in [-0.2, 0) is 4.74 Å². The molecule has 0 radical (unpaired) electrons. The zero-order valence-electron chi connectivity index (χ0n) is 10.6. The highest BCUT2D eigenvalue weighted by atomic mass is 16.5. The van der Waals surface area contributed by atoms with Gasteiger partial charge in [0, 0.05) is 0 Å². The summed E-state index contributed by atoms with van der Waals surface area (Å²) < 4.78 is 6.41. The first kappa shape index (κ1) is 12.1. The number of carbonyl (C=O) groups is 1. The van der Waals surface area contributed by atoms with Gasteiger partial charge >= 0.3 is 5.97 Å². The van der Waals surface area contributed by atoms with Crippen LogP contribution in [0.15, 0.2) is 6.33 Å². The van der Waals surface area contributed by atoms with Crippen molar-refractivity contribution in [3.8, 4) is 0 Å². The van der Waals surface area contributed by atoms with E-state index in [-0.39, 0.29) is 5.82 Å². The molecule has 1 aliphatic rings. The summed E-state index contributed by atoms with van der Waals surface area (Å²) in [5.74, 6) is 1.15. The maximum absolute atomic E-state index is 11.3. The van der Waals surface area contributed by atoms with Crippen molar-refractivity contribution < 1.29 is 9.53 Å². The van der Waals surface area contributed by atoms with Crippen LogP contribution >= 0.6 is 0 Å². The minimum absolute atomic E-state index is 0.152. The third-order valence-electron chi connectivity index (χ3n) is 3.82. The van der Waals surface area contributed by atoms with Crippen molar-refractivity contribution >= 4 is 5.97 Å². The van der Waals surface area contributed by atoms with Crippen molar-refractivity contribution in [2.45, 2.75) is 39.2 Å². The quantitative estimate of drug-likeness (QED) is 0.739. The normalized spacial score (nSPS) is 29.0. The van der Waals surface area contributed by atoms with Gasteiger partial charge < -0.3 is 4.74 Å². The van der Waals surface area contributed by atoms with E-state index in [1.807, 2.05) is 4.68 Å². The lowest BCUT2D eigenvalue weighted by atomic mass is 9.79. The molecular formula is C12H19N3O2. The maximum Gasteiger partial charge on any atom is 0.377 e. The van der Waals surface area contributed by atoms with E-state index in [4.69, 9.17) is 0 Å². The highest BCUT2D eigenvalue weighted by molar-refractivity contribution is 5.84. The Morgan fingerprint density at radius 1 is 1.41 bits per heavy atom. The van der Waals surface area contributed by atoms with Crippen LogP contribution in [-0.4, -0.2) is 27.8 Å². The highest BCUT2D eigenvalue weighted by Gasteiger charge is 2.26. The molecule has 5 heteroatoms. The Bertz CT molecular complexity index is 402. The Morgan fingerprint density at radius 3 is 2.82 bits per heavy atom. The SMILES string of the molecule is COC(=O)c1ncn(C2CCC(C)C(C)C2)n1. The number of nitrogens with zero attached hydrogens (tertiary/aromatic N) is 3. The third kappa shape index (κ3) is 2.48. The van der Waals surface area contributed by atoms with E-state index in [0.717, 1.165) is 18.8 Å². The topological polar surface area (TPSA) is 57.0 Å². The van der Waals surface area contributed by atoms with Gasteiger partial charge in [0.15, 0.2) is 0 Å². The first-order valence-electron chi connectivity index (χ1n) is 6.11. The van der Waals surface area contributed by atoms with Crippen molar-refractivity contribution in [3.63, 3.8) is 0 Å². The van der Waals surface area contributed by atoms with Gasteiger partial charge in [0.05, 0.1) is 13.2 Å². The number of aromatic nitrogens is 3. The minimum atomic E-state index is -0.471. The average molecular weight is 237 g/mol. The molecule has 94 valence electrons. The van der Waals surface area contributed by atoms with Crippen molar-refractivity contribution in [2.24, 2.45) is 11.8 Å². The number of esters is 1. The van der Waals surface area contributed by atoms with Gasteiger partial charge in [0.1, 0.15) is 6.33 Å². The fourth-order valence-corrected chi connectivity index (χ4v) is 2.39. The number of hydrogen-bond acceptors (Lipinski definition) is 4. The zero-order chi connectivity index (χ0) is 12.4. The summed E-state index contributed by atoms with van der Waals surface area (Å²) in [6, 6.07) is 0.368. The molecule has 5 nitrogen and oxygen atoms in total. The molecule has 0 saturated heterocycles. The monoisotopic (exact) mass is 237 g/mol. The maximum atomic E-state index is 11.3. The van der Waals surface area contributed by atoms with E-state index >= 15 is 0 Å². The molecule has 0 aliphatic heterocycles.